The van der Waals surface area contributed by atoms with Crippen LogP contribution in [0.15, 0.2) is 48.7 Å². The molecule has 1 amide bonds. The minimum absolute atomic E-state index is 0.268. The fourth-order valence-electron chi connectivity index (χ4n) is 1.71. The number of halogens is 1. The van der Waals surface area contributed by atoms with Gasteiger partial charge in [0.1, 0.15) is 5.82 Å². The summed E-state index contributed by atoms with van der Waals surface area (Å²) in [6.45, 7) is 0.577. The van der Waals surface area contributed by atoms with E-state index in [1.54, 1.807) is 18.2 Å². The van der Waals surface area contributed by atoms with Crippen molar-refractivity contribution in [1.29, 1.82) is 0 Å². The number of benzene rings is 1. The van der Waals surface area contributed by atoms with Gasteiger partial charge in [-0.1, -0.05) is 12.1 Å². The number of nitrogens with zero attached hydrogens (tertiary/aromatic N) is 1. The van der Waals surface area contributed by atoms with Crippen molar-refractivity contribution in [3.63, 3.8) is 0 Å². The molecule has 98 valence electrons. The molecule has 0 unspecified atom stereocenters. The second-order valence-electron chi connectivity index (χ2n) is 4.00. The van der Waals surface area contributed by atoms with E-state index < -0.39 is 5.91 Å². The molecule has 0 aliphatic carbocycles. The van der Waals surface area contributed by atoms with Crippen molar-refractivity contribution in [1.82, 2.24) is 10.0 Å². The van der Waals surface area contributed by atoms with Crippen LogP contribution >= 0.6 is 0 Å². The van der Waals surface area contributed by atoms with Crippen LogP contribution in [-0.2, 0) is 11.3 Å². The molecule has 0 saturated carbocycles. The third kappa shape index (κ3) is 3.53. The quantitative estimate of drug-likeness (QED) is 0.503. The molecule has 4 nitrogen and oxygen atoms in total. The van der Waals surface area contributed by atoms with Crippen LogP contribution in [0.2, 0.25) is 0 Å². The van der Waals surface area contributed by atoms with Gasteiger partial charge in [-0.3, -0.25) is 10.0 Å². The van der Waals surface area contributed by atoms with E-state index in [1.807, 2.05) is 22.9 Å². The fourth-order valence-corrected chi connectivity index (χ4v) is 1.71. The summed E-state index contributed by atoms with van der Waals surface area (Å²) in [6, 6.07) is 9.93. The Morgan fingerprint density at radius 3 is 2.74 bits per heavy atom. The number of amides is 1. The summed E-state index contributed by atoms with van der Waals surface area (Å²) in [5.41, 5.74) is 3.30. The highest BCUT2D eigenvalue weighted by Gasteiger charge is 2.00. The van der Waals surface area contributed by atoms with E-state index in [1.165, 1.54) is 23.7 Å². The van der Waals surface area contributed by atoms with Gasteiger partial charge in [0.15, 0.2) is 0 Å². The Morgan fingerprint density at radius 2 is 2.05 bits per heavy atom. The van der Waals surface area contributed by atoms with Gasteiger partial charge in [-0.25, -0.2) is 9.87 Å². The molecule has 2 rings (SSSR count). The molecule has 1 aromatic heterocycles. The number of carbonyl (C=O) groups is 1. The smallest absolute Gasteiger partial charge is 0.267 e. The van der Waals surface area contributed by atoms with Gasteiger partial charge in [-0.05, 0) is 35.9 Å². The summed E-state index contributed by atoms with van der Waals surface area (Å²) in [6.07, 6.45) is 4.69. The molecule has 1 aromatic carbocycles. The molecule has 5 heteroatoms. The number of nitrogens with one attached hydrogen (secondary N) is 1. The van der Waals surface area contributed by atoms with Gasteiger partial charge in [0.25, 0.3) is 5.91 Å². The molecule has 0 aliphatic rings. The molecule has 0 saturated heterocycles. The molecule has 0 spiro atoms. The highest BCUT2D eigenvalue weighted by atomic mass is 19.1. The highest BCUT2D eigenvalue weighted by Crippen LogP contribution is 2.10. The minimum atomic E-state index is -0.588. The normalized spacial score (nSPS) is 10.8. The number of rotatable bonds is 4. The molecule has 1 heterocycles. The van der Waals surface area contributed by atoms with Crippen LogP contribution in [0, 0.1) is 5.82 Å². The van der Waals surface area contributed by atoms with E-state index in [9.17, 15) is 9.18 Å². The van der Waals surface area contributed by atoms with E-state index >= 15 is 0 Å². The first-order chi connectivity index (χ1) is 9.19. The number of hydroxylamine groups is 1. The molecular formula is C14H13FN2O2. The van der Waals surface area contributed by atoms with Crippen LogP contribution in [0.5, 0.6) is 0 Å². The van der Waals surface area contributed by atoms with E-state index in [-0.39, 0.29) is 5.82 Å². The van der Waals surface area contributed by atoms with Crippen LogP contribution < -0.4 is 5.48 Å². The van der Waals surface area contributed by atoms with Crippen molar-refractivity contribution < 1.29 is 14.4 Å². The first-order valence-electron chi connectivity index (χ1n) is 5.71. The maximum atomic E-state index is 12.8. The molecule has 0 aliphatic heterocycles. The lowest BCUT2D eigenvalue weighted by Gasteiger charge is -2.06. The summed E-state index contributed by atoms with van der Waals surface area (Å²) in [4.78, 5) is 10.9. The lowest BCUT2D eigenvalue weighted by atomic mass is 10.2. The van der Waals surface area contributed by atoms with Gasteiger partial charge in [-0.15, -0.1) is 0 Å². The predicted octanol–water partition coefficient (Wildman–Crippen LogP) is 2.19. The van der Waals surface area contributed by atoms with E-state index in [0.29, 0.717) is 6.54 Å². The summed E-state index contributed by atoms with van der Waals surface area (Å²) >= 11 is 0. The zero-order chi connectivity index (χ0) is 13.7. The number of hydrogen-bond donors (Lipinski definition) is 2. The Kier molecular flexibility index (Phi) is 4.10. The number of carbonyl (C=O) groups excluding carboxylic acids is 1. The van der Waals surface area contributed by atoms with Crippen LogP contribution in [0.4, 0.5) is 4.39 Å². The molecule has 0 bridgehead atoms. The van der Waals surface area contributed by atoms with E-state index in [4.69, 9.17) is 5.21 Å². The van der Waals surface area contributed by atoms with Gasteiger partial charge in [0, 0.05) is 24.5 Å². The average molecular weight is 260 g/mol. The van der Waals surface area contributed by atoms with Crippen molar-refractivity contribution in [2.75, 3.05) is 0 Å². The average Bonchev–Trinajstić information content (AvgIpc) is 2.86. The second kappa shape index (κ2) is 5.97. The maximum absolute atomic E-state index is 12.8. The van der Waals surface area contributed by atoms with Crippen molar-refractivity contribution in [2.24, 2.45) is 0 Å². The largest absolute Gasteiger partial charge is 0.344 e. The fraction of sp³-hybridized carbons (Fsp3) is 0.0714. The molecule has 0 fully saturated rings. The summed E-state index contributed by atoms with van der Waals surface area (Å²) in [5, 5.41) is 8.40. The summed E-state index contributed by atoms with van der Waals surface area (Å²) in [5.74, 6) is -0.856. The van der Waals surface area contributed by atoms with E-state index in [2.05, 4.69) is 0 Å². The Morgan fingerprint density at radius 1 is 1.32 bits per heavy atom. The molecular weight excluding hydrogens is 247 g/mol. The third-order valence-corrected chi connectivity index (χ3v) is 2.65. The first kappa shape index (κ1) is 13.0. The van der Waals surface area contributed by atoms with Gasteiger partial charge in [-0.2, -0.15) is 0 Å². The SMILES string of the molecule is O=C(/C=C/c1cccn1Cc1ccc(F)cc1)NO. The van der Waals surface area contributed by atoms with Gasteiger partial charge in [0.05, 0.1) is 0 Å². The third-order valence-electron chi connectivity index (χ3n) is 2.65. The highest BCUT2D eigenvalue weighted by molar-refractivity contribution is 5.90. The van der Waals surface area contributed by atoms with Crippen molar-refractivity contribution in [3.8, 4) is 0 Å². The molecule has 0 radical (unpaired) electrons. The summed E-state index contributed by atoms with van der Waals surface area (Å²) < 4.78 is 14.7. The Hall–Kier alpha value is -2.40. The van der Waals surface area contributed by atoms with Crippen molar-refractivity contribution in [2.45, 2.75) is 6.54 Å². The van der Waals surface area contributed by atoms with Crippen molar-refractivity contribution in [3.05, 3.63) is 65.7 Å². The van der Waals surface area contributed by atoms with Gasteiger partial charge >= 0.3 is 0 Å². The zero-order valence-corrected chi connectivity index (χ0v) is 10.1. The Bertz CT molecular complexity index is 588. The molecule has 2 aromatic rings. The Labute approximate surface area is 109 Å². The maximum Gasteiger partial charge on any atom is 0.267 e. The Balaban J connectivity index is 2.13. The van der Waals surface area contributed by atoms with Crippen LogP contribution in [-0.4, -0.2) is 15.7 Å². The molecule has 2 N–H and O–H groups in total. The zero-order valence-electron chi connectivity index (χ0n) is 10.1. The topological polar surface area (TPSA) is 54.3 Å². The molecule has 19 heavy (non-hydrogen) atoms. The van der Waals surface area contributed by atoms with Crippen LogP contribution in [0.1, 0.15) is 11.3 Å². The van der Waals surface area contributed by atoms with E-state index in [0.717, 1.165) is 11.3 Å². The first-order valence-corrected chi connectivity index (χ1v) is 5.71. The molecule has 0 atom stereocenters. The second-order valence-corrected chi connectivity index (χ2v) is 4.00. The van der Waals surface area contributed by atoms with Crippen molar-refractivity contribution >= 4 is 12.0 Å². The minimum Gasteiger partial charge on any atom is -0.344 e. The summed E-state index contributed by atoms with van der Waals surface area (Å²) in [7, 11) is 0. The number of aromatic nitrogens is 1. The standard InChI is InChI=1S/C14H13FN2O2/c15-12-5-3-11(4-6-12)10-17-9-1-2-13(17)7-8-14(18)16-19/h1-9,19H,10H2,(H,16,18)/b8-7+. The number of hydrogen-bond acceptors (Lipinski definition) is 2. The predicted molar refractivity (Wildman–Crippen MR) is 68.9 cm³/mol. The monoisotopic (exact) mass is 260 g/mol. The van der Waals surface area contributed by atoms with Crippen LogP contribution in [0.25, 0.3) is 6.08 Å². The lowest BCUT2D eigenvalue weighted by Crippen LogP contribution is -2.15. The van der Waals surface area contributed by atoms with Gasteiger partial charge in [0.2, 0.25) is 0 Å². The van der Waals surface area contributed by atoms with Gasteiger partial charge < -0.3 is 4.57 Å². The lowest BCUT2D eigenvalue weighted by molar-refractivity contribution is -0.124. The van der Waals surface area contributed by atoms with Crippen LogP contribution in [0.3, 0.4) is 0 Å².